The molecule has 20 heavy (non-hydrogen) atoms. The van der Waals surface area contributed by atoms with Gasteiger partial charge in [-0.3, -0.25) is 4.79 Å². The molecule has 6 heteroatoms. The quantitative estimate of drug-likeness (QED) is 0.828. The number of benzene rings is 1. The van der Waals surface area contributed by atoms with E-state index in [1.807, 2.05) is 12.1 Å². The molecule has 1 aliphatic rings. The molecule has 0 bridgehead atoms. The Morgan fingerprint density at radius 3 is 2.50 bits per heavy atom. The van der Waals surface area contributed by atoms with E-state index in [0.29, 0.717) is 31.7 Å². The van der Waals surface area contributed by atoms with Gasteiger partial charge >= 0.3 is 0 Å². The van der Waals surface area contributed by atoms with E-state index in [2.05, 4.69) is 5.32 Å². The van der Waals surface area contributed by atoms with Crippen molar-refractivity contribution in [2.75, 3.05) is 18.5 Å². The fourth-order valence-electron chi connectivity index (χ4n) is 2.03. The highest BCUT2D eigenvalue weighted by atomic mass is 16.5. The summed E-state index contributed by atoms with van der Waals surface area (Å²) in [6, 6.07) is 8.40. The fourth-order valence-corrected chi connectivity index (χ4v) is 2.03. The Hall–Kier alpha value is -2.41. The van der Waals surface area contributed by atoms with Crippen LogP contribution in [-0.4, -0.2) is 24.7 Å². The molecule has 3 N–H and O–H groups in total. The Morgan fingerprint density at radius 1 is 1.25 bits per heavy atom. The van der Waals surface area contributed by atoms with Gasteiger partial charge in [0, 0.05) is 18.9 Å². The molecule has 1 aromatic carbocycles. The molecule has 1 amide bonds. The van der Waals surface area contributed by atoms with E-state index >= 15 is 0 Å². The van der Waals surface area contributed by atoms with Crippen molar-refractivity contribution < 1.29 is 9.53 Å². The first-order valence-corrected chi connectivity index (χ1v) is 6.21. The number of nitriles is 2. The normalized spacial score (nSPS) is 16.8. The first-order valence-electron chi connectivity index (χ1n) is 6.21. The SMILES string of the molecule is N#Cc1ccc(NC(=O)C2(N)CCOCC2)cc1C#N. The highest BCUT2D eigenvalue weighted by Crippen LogP contribution is 2.21. The number of hydrogen-bond donors (Lipinski definition) is 2. The molecule has 1 aromatic rings. The molecule has 0 saturated carbocycles. The topological polar surface area (TPSA) is 112 Å². The summed E-state index contributed by atoms with van der Waals surface area (Å²) in [6.45, 7) is 0.918. The van der Waals surface area contributed by atoms with Gasteiger partial charge < -0.3 is 15.8 Å². The average Bonchev–Trinajstić information content (AvgIpc) is 2.47. The molecular formula is C14H14N4O2. The Balaban J connectivity index is 2.16. The minimum atomic E-state index is -0.945. The Morgan fingerprint density at radius 2 is 1.90 bits per heavy atom. The molecule has 1 heterocycles. The van der Waals surface area contributed by atoms with Gasteiger partial charge in [0.15, 0.2) is 0 Å². The molecule has 6 nitrogen and oxygen atoms in total. The first-order chi connectivity index (χ1) is 9.59. The standard InChI is InChI=1S/C14H14N4O2/c15-8-10-1-2-12(7-11(10)9-16)18-13(19)14(17)3-5-20-6-4-14/h1-2,7H,3-6,17H2,(H,18,19). The first kappa shape index (κ1) is 14.0. The molecule has 1 fully saturated rings. The number of carbonyl (C=O) groups is 1. The fraction of sp³-hybridized carbons (Fsp3) is 0.357. The van der Waals surface area contributed by atoms with E-state index in [0.717, 1.165) is 0 Å². The number of rotatable bonds is 2. The van der Waals surface area contributed by atoms with Crippen molar-refractivity contribution in [1.82, 2.24) is 0 Å². The van der Waals surface area contributed by atoms with Crippen LogP contribution in [0.5, 0.6) is 0 Å². The van der Waals surface area contributed by atoms with Gasteiger partial charge in [-0.2, -0.15) is 10.5 Å². The van der Waals surface area contributed by atoms with Crippen LogP contribution < -0.4 is 11.1 Å². The van der Waals surface area contributed by atoms with Crippen LogP contribution in [0.1, 0.15) is 24.0 Å². The summed E-state index contributed by atoms with van der Waals surface area (Å²) in [4.78, 5) is 12.2. The Bertz CT molecular complexity index is 607. The highest BCUT2D eigenvalue weighted by Gasteiger charge is 2.35. The maximum absolute atomic E-state index is 12.2. The number of nitrogens with one attached hydrogen (secondary N) is 1. The van der Waals surface area contributed by atoms with Crippen LogP contribution in [0.25, 0.3) is 0 Å². The van der Waals surface area contributed by atoms with Crippen LogP contribution in [0.3, 0.4) is 0 Å². The summed E-state index contributed by atoms with van der Waals surface area (Å²) in [6.07, 6.45) is 0.917. The predicted octanol–water partition coefficient (Wildman–Crippen LogP) is 0.876. The number of nitrogens with two attached hydrogens (primary N) is 1. The van der Waals surface area contributed by atoms with Crippen molar-refractivity contribution in [3.05, 3.63) is 29.3 Å². The molecule has 1 aliphatic heterocycles. The van der Waals surface area contributed by atoms with E-state index in [-0.39, 0.29) is 17.0 Å². The van der Waals surface area contributed by atoms with Crippen LogP contribution in [-0.2, 0) is 9.53 Å². The van der Waals surface area contributed by atoms with E-state index in [1.54, 1.807) is 6.07 Å². The zero-order valence-corrected chi connectivity index (χ0v) is 10.8. The lowest BCUT2D eigenvalue weighted by atomic mass is 9.90. The number of carbonyl (C=O) groups excluding carboxylic acids is 1. The summed E-state index contributed by atoms with van der Waals surface area (Å²) in [5.74, 6) is -0.297. The van der Waals surface area contributed by atoms with Crippen molar-refractivity contribution in [3.63, 3.8) is 0 Å². The van der Waals surface area contributed by atoms with E-state index in [4.69, 9.17) is 21.0 Å². The number of anilines is 1. The summed E-state index contributed by atoms with van der Waals surface area (Å²) in [5, 5.41) is 20.5. The van der Waals surface area contributed by atoms with Crippen LogP contribution >= 0.6 is 0 Å². The molecular weight excluding hydrogens is 256 g/mol. The third-order valence-corrected chi connectivity index (χ3v) is 3.36. The predicted molar refractivity (Wildman–Crippen MR) is 71.5 cm³/mol. The second kappa shape index (κ2) is 5.70. The molecule has 102 valence electrons. The van der Waals surface area contributed by atoms with Gasteiger partial charge in [-0.15, -0.1) is 0 Å². The van der Waals surface area contributed by atoms with Gasteiger partial charge in [0.1, 0.15) is 17.7 Å². The smallest absolute Gasteiger partial charge is 0.244 e. The van der Waals surface area contributed by atoms with Crippen molar-refractivity contribution in [3.8, 4) is 12.1 Å². The zero-order chi connectivity index (χ0) is 14.6. The van der Waals surface area contributed by atoms with Gasteiger partial charge in [-0.05, 0) is 31.0 Å². The molecule has 0 aromatic heterocycles. The van der Waals surface area contributed by atoms with Crippen LogP contribution in [0, 0.1) is 22.7 Å². The van der Waals surface area contributed by atoms with Gasteiger partial charge in [0.05, 0.1) is 11.1 Å². The Labute approximate surface area is 116 Å². The summed E-state index contributed by atoms with van der Waals surface area (Å²) in [5.41, 5.74) is 6.08. The van der Waals surface area contributed by atoms with E-state index < -0.39 is 5.54 Å². The highest BCUT2D eigenvalue weighted by molar-refractivity contribution is 5.98. The Kier molecular flexibility index (Phi) is 3.99. The minimum Gasteiger partial charge on any atom is -0.381 e. The molecule has 0 unspecified atom stereocenters. The molecule has 0 atom stereocenters. The van der Waals surface area contributed by atoms with Gasteiger partial charge in [0.25, 0.3) is 0 Å². The number of nitrogens with zero attached hydrogens (tertiary/aromatic N) is 2. The molecule has 1 saturated heterocycles. The van der Waals surface area contributed by atoms with Gasteiger partial charge in [-0.1, -0.05) is 0 Å². The third-order valence-electron chi connectivity index (χ3n) is 3.36. The average molecular weight is 270 g/mol. The molecule has 0 spiro atoms. The van der Waals surface area contributed by atoms with E-state index in [9.17, 15) is 4.79 Å². The number of ether oxygens (including phenoxy) is 1. The zero-order valence-electron chi connectivity index (χ0n) is 10.8. The van der Waals surface area contributed by atoms with Gasteiger partial charge in [0.2, 0.25) is 5.91 Å². The lowest BCUT2D eigenvalue weighted by Gasteiger charge is -2.31. The largest absolute Gasteiger partial charge is 0.381 e. The second-order valence-electron chi connectivity index (χ2n) is 4.71. The maximum Gasteiger partial charge on any atom is 0.244 e. The maximum atomic E-state index is 12.2. The van der Waals surface area contributed by atoms with Gasteiger partial charge in [-0.25, -0.2) is 0 Å². The minimum absolute atomic E-state index is 0.225. The monoisotopic (exact) mass is 270 g/mol. The van der Waals surface area contributed by atoms with Crippen molar-refractivity contribution >= 4 is 11.6 Å². The molecule has 2 rings (SSSR count). The summed E-state index contributed by atoms with van der Waals surface area (Å²) < 4.78 is 5.19. The lowest BCUT2D eigenvalue weighted by molar-refractivity contribution is -0.124. The van der Waals surface area contributed by atoms with Crippen LogP contribution in [0.4, 0.5) is 5.69 Å². The second-order valence-corrected chi connectivity index (χ2v) is 4.71. The number of amides is 1. The van der Waals surface area contributed by atoms with E-state index in [1.165, 1.54) is 12.1 Å². The summed E-state index contributed by atoms with van der Waals surface area (Å²) >= 11 is 0. The van der Waals surface area contributed by atoms with Crippen molar-refractivity contribution in [1.29, 1.82) is 10.5 Å². The lowest BCUT2D eigenvalue weighted by Crippen LogP contribution is -2.54. The summed E-state index contributed by atoms with van der Waals surface area (Å²) in [7, 11) is 0. The van der Waals surface area contributed by atoms with Crippen LogP contribution in [0.2, 0.25) is 0 Å². The third kappa shape index (κ3) is 2.77. The van der Waals surface area contributed by atoms with Crippen LogP contribution in [0.15, 0.2) is 18.2 Å². The molecule has 0 radical (unpaired) electrons. The molecule has 0 aliphatic carbocycles. The van der Waals surface area contributed by atoms with Crippen molar-refractivity contribution in [2.45, 2.75) is 18.4 Å². The van der Waals surface area contributed by atoms with Crippen molar-refractivity contribution in [2.24, 2.45) is 5.73 Å². The number of hydrogen-bond acceptors (Lipinski definition) is 5.